The maximum atomic E-state index is 12.2. The van der Waals surface area contributed by atoms with E-state index in [0.717, 1.165) is 4.68 Å². The molecule has 0 fully saturated rings. The van der Waals surface area contributed by atoms with Crippen LogP contribution >= 0.6 is 11.6 Å². The molecule has 1 heterocycles. The second kappa shape index (κ2) is 7.43. The molecule has 0 aliphatic carbocycles. The van der Waals surface area contributed by atoms with Crippen molar-refractivity contribution in [2.75, 3.05) is 5.32 Å². The molecule has 0 aliphatic heterocycles. The highest BCUT2D eigenvalue weighted by Gasteiger charge is 2.25. The third kappa shape index (κ3) is 4.41. The first-order valence-electron chi connectivity index (χ1n) is 6.91. The van der Waals surface area contributed by atoms with Crippen LogP contribution in [-0.2, 0) is 11.3 Å². The van der Waals surface area contributed by atoms with Gasteiger partial charge >= 0.3 is 12.4 Å². The summed E-state index contributed by atoms with van der Waals surface area (Å²) >= 11 is 5.80. The van der Waals surface area contributed by atoms with Crippen molar-refractivity contribution >= 4 is 29.0 Å². The number of rotatable bonds is 6. The van der Waals surface area contributed by atoms with Crippen LogP contribution in [-0.4, -0.2) is 27.2 Å². The third-order valence-corrected chi connectivity index (χ3v) is 3.72. The Labute approximate surface area is 145 Å². The largest absolute Gasteiger partial charge is 0.435 e. The van der Waals surface area contributed by atoms with Crippen LogP contribution in [0.5, 0.6) is 5.75 Å². The SMILES string of the molecule is Cc1cc(OC(F)F)ccc1NC(=O)Cn1nc([N+](=O)[O-])c(Cl)c1C. The van der Waals surface area contributed by atoms with Gasteiger partial charge in [-0.3, -0.25) is 4.79 Å². The molecule has 11 heteroatoms. The molecule has 0 atom stereocenters. The lowest BCUT2D eigenvalue weighted by Crippen LogP contribution is -2.20. The number of aryl methyl sites for hydroxylation is 1. The van der Waals surface area contributed by atoms with Crippen molar-refractivity contribution in [1.29, 1.82) is 0 Å². The van der Waals surface area contributed by atoms with Gasteiger partial charge in [0.2, 0.25) is 5.91 Å². The van der Waals surface area contributed by atoms with Crippen LogP contribution in [0.2, 0.25) is 5.02 Å². The minimum Gasteiger partial charge on any atom is -0.435 e. The van der Waals surface area contributed by atoms with Crippen LogP contribution < -0.4 is 10.1 Å². The van der Waals surface area contributed by atoms with Gasteiger partial charge in [-0.15, -0.1) is 0 Å². The standard InChI is InChI=1S/C14H13ClF2N4O4/c1-7-5-9(25-14(16)17)3-4-10(7)18-11(22)6-20-8(2)12(15)13(19-20)21(23)24/h3-5,14H,6H2,1-2H3,(H,18,22). The molecule has 0 unspecified atom stereocenters. The summed E-state index contributed by atoms with van der Waals surface area (Å²) in [6.07, 6.45) is 0. The zero-order valence-corrected chi connectivity index (χ0v) is 13.9. The first-order chi connectivity index (χ1) is 11.7. The van der Waals surface area contributed by atoms with Crippen molar-refractivity contribution in [3.63, 3.8) is 0 Å². The molecule has 8 nitrogen and oxygen atoms in total. The number of nitrogens with one attached hydrogen (secondary N) is 1. The van der Waals surface area contributed by atoms with Crippen molar-refractivity contribution in [3.05, 3.63) is 44.6 Å². The number of aromatic nitrogens is 2. The average Bonchev–Trinajstić information content (AvgIpc) is 2.78. The van der Waals surface area contributed by atoms with E-state index < -0.39 is 23.3 Å². The fraction of sp³-hybridized carbons (Fsp3) is 0.286. The summed E-state index contributed by atoms with van der Waals surface area (Å²) in [6, 6.07) is 4.05. The van der Waals surface area contributed by atoms with Crippen LogP contribution in [0.3, 0.4) is 0 Å². The van der Waals surface area contributed by atoms with E-state index in [2.05, 4.69) is 15.2 Å². The Bertz CT molecular complexity index is 825. The molecule has 0 saturated heterocycles. The quantitative estimate of drug-likeness (QED) is 0.617. The number of carbonyl (C=O) groups excluding carboxylic acids is 1. The Hall–Kier alpha value is -2.75. The maximum absolute atomic E-state index is 12.2. The molecule has 2 rings (SSSR count). The predicted octanol–water partition coefficient (Wildman–Crippen LogP) is 3.30. The van der Waals surface area contributed by atoms with E-state index in [0.29, 0.717) is 11.3 Å². The summed E-state index contributed by atoms with van der Waals surface area (Å²) in [7, 11) is 0. The van der Waals surface area contributed by atoms with Crippen LogP contribution in [0, 0.1) is 24.0 Å². The van der Waals surface area contributed by atoms with E-state index in [-0.39, 0.29) is 23.0 Å². The summed E-state index contributed by atoms with van der Waals surface area (Å²) in [4.78, 5) is 22.2. The van der Waals surface area contributed by atoms with Gasteiger partial charge < -0.3 is 20.2 Å². The van der Waals surface area contributed by atoms with E-state index in [1.54, 1.807) is 6.92 Å². The van der Waals surface area contributed by atoms with E-state index in [1.807, 2.05) is 0 Å². The van der Waals surface area contributed by atoms with Crippen LogP contribution in [0.1, 0.15) is 11.3 Å². The number of hydrogen-bond donors (Lipinski definition) is 1. The summed E-state index contributed by atoms with van der Waals surface area (Å²) in [5.41, 5.74) is 1.17. The van der Waals surface area contributed by atoms with Gasteiger partial charge in [0, 0.05) is 5.69 Å². The fourth-order valence-corrected chi connectivity index (χ4v) is 2.26. The molecule has 0 spiro atoms. The van der Waals surface area contributed by atoms with Crippen LogP contribution in [0.15, 0.2) is 18.2 Å². The lowest BCUT2D eigenvalue weighted by molar-refractivity contribution is -0.389. The fourth-order valence-electron chi connectivity index (χ4n) is 2.06. The molecule has 1 aromatic carbocycles. The van der Waals surface area contributed by atoms with Gasteiger partial charge in [0.25, 0.3) is 0 Å². The first-order valence-corrected chi connectivity index (χ1v) is 7.29. The van der Waals surface area contributed by atoms with E-state index >= 15 is 0 Å². The zero-order valence-electron chi connectivity index (χ0n) is 13.1. The summed E-state index contributed by atoms with van der Waals surface area (Å²) < 4.78 is 29.7. The van der Waals surface area contributed by atoms with Crippen molar-refractivity contribution in [3.8, 4) is 5.75 Å². The second-order valence-corrected chi connectivity index (χ2v) is 5.42. The number of carbonyl (C=O) groups is 1. The lowest BCUT2D eigenvalue weighted by atomic mass is 10.2. The number of amides is 1. The highest BCUT2D eigenvalue weighted by molar-refractivity contribution is 6.33. The van der Waals surface area contributed by atoms with Gasteiger partial charge in [0.1, 0.15) is 12.3 Å². The van der Waals surface area contributed by atoms with Crippen molar-refractivity contribution < 1.29 is 23.2 Å². The molecule has 0 saturated carbocycles. The summed E-state index contributed by atoms with van der Waals surface area (Å²) in [5.74, 6) is -1.07. The molecular formula is C14H13ClF2N4O4. The third-order valence-electron chi connectivity index (χ3n) is 3.28. The second-order valence-electron chi connectivity index (χ2n) is 5.04. The normalized spacial score (nSPS) is 10.8. The summed E-state index contributed by atoms with van der Waals surface area (Å²) in [5, 5.41) is 16.9. The Balaban J connectivity index is 2.11. The molecule has 0 bridgehead atoms. The maximum Gasteiger partial charge on any atom is 0.408 e. The van der Waals surface area contributed by atoms with E-state index in [9.17, 15) is 23.7 Å². The minimum absolute atomic E-state index is 0.0316. The van der Waals surface area contributed by atoms with Gasteiger partial charge in [0.05, 0.1) is 10.8 Å². The Morgan fingerprint density at radius 3 is 2.68 bits per heavy atom. The smallest absolute Gasteiger partial charge is 0.408 e. The number of alkyl halides is 2. The number of hydrogen-bond acceptors (Lipinski definition) is 5. The Morgan fingerprint density at radius 1 is 1.48 bits per heavy atom. The minimum atomic E-state index is -2.94. The molecule has 2 aromatic rings. The molecular weight excluding hydrogens is 362 g/mol. The zero-order chi connectivity index (χ0) is 18.7. The number of benzene rings is 1. The lowest BCUT2D eigenvalue weighted by Gasteiger charge is -2.10. The predicted molar refractivity (Wildman–Crippen MR) is 85.1 cm³/mol. The van der Waals surface area contributed by atoms with Gasteiger partial charge in [-0.1, -0.05) is 11.6 Å². The number of nitrogens with zero attached hydrogens (tertiary/aromatic N) is 3. The number of anilines is 1. The molecule has 1 amide bonds. The average molecular weight is 375 g/mol. The molecule has 25 heavy (non-hydrogen) atoms. The van der Waals surface area contributed by atoms with Crippen LogP contribution in [0.4, 0.5) is 20.3 Å². The number of ether oxygens (including phenoxy) is 1. The molecule has 0 radical (unpaired) electrons. The monoisotopic (exact) mass is 374 g/mol. The van der Waals surface area contributed by atoms with Gasteiger partial charge in [-0.2, -0.15) is 13.5 Å². The highest BCUT2D eigenvalue weighted by Crippen LogP contribution is 2.26. The van der Waals surface area contributed by atoms with Crippen molar-refractivity contribution in [1.82, 2.24) is 9.78 Å². The van der Waals surface area contributed by atoms with E-state index in [1.165, 1.54) is 25.1 Å². The first kappa shape index (κ1) is 18.6. The van der Waals surface area contributed by atoms with E-state index in [4.69, 9.17) is 11.6 Å². The van der Waals surface area contributed by atoms with Gasteiger partial charge in [-0.25, -0.2) is 0 Å². The van der Waals surface area contributed by atoms with Crippen molar-refractivity contribution in [2.24, 2.45) is 0 Å². The number of nitro groups is 1. The summed E-state index contributed by atoms with van der Waals surface area (Å²) in [6.45, 7) is -0.136. The Morgan fingerprint density at radius 2 is 2.16 bits per heavy atom. The van der Waals surface area contributed by atoms with Crippen molar-refractivity contribution in [2.45, 2.75) is 27.0 Å². The molecule has 0 aliphatic rings. The molecule has 1 N–H and O–H groups in total. The highest BCUT2D eigenvalue weighted by atomic mass is 35.5. The number of halogens is 3. The molecule has 134 valence electrons. The van der Waals surface area contributed by atoms with Crippen LogP contribution in [0.25, 0.3) is 0 Å². The Kier molecular flexibility index (Phi) is 5.52. The van der Waals surface area contributed by atoms with Gasteiger partial charge in [-0.05, 0) is 42.5 Å². The topological polar surface area (TPSA) is 99.3 Å². The molecule has 1 aromatic heterocycles. The van der Waals surface area contributed by atoms with Gasteiger partial charge in [0.15, 0.2) is 5.02 Å².